The molecule has 6 heteroatoms. The minimum absolute atomic E-state index is 0.0812. The van der Waals surface area contributed by atoms with Crippen LogP contribution in [0.2, 0.25) is 0 Å². The first-order chi connectivity index (χ1) is 15.1. The summed E-state index contributed by atoms with van der Waals surface area (Å²) in [5.41, 5.74) is 3.17. The van der Waals surface area contributed by atoms with Crippen LogP contribution in [0.5, 0.6) is 0 Å². The number of hydrogen-bond acceptors (Lipinski definition) is 3. The number of aryl methyl sites for hydroxylation is 1. The molecule has 1 aromatic carbocycles. The van der Waals surface area contributed by atoms with Crippen molar-refractivity contribution in [3.63, 3.8) is 0 Å². The molecular formula is C25H28N2O4. The molecule has 3 atom stereocenters. The first kappa shape index (κ1) is 19.9. The van der Waals surface area contributed by atoms with Crippen molar-refractivity contribution in [3.8, 4) is 11.3 Å². The Morgan fingerprint density at radius 1 is 1.13 bits per heavy atom. The highest BCUT2D eigenvalue weighted by atomic mass is 16.4. The number of piperidine rings is 1. The molecular weight excluding hydrogens is 392 g/mol. The number of likely N-dealkylation sites (tertiary alicyclic amines) is 1. The molecule has 0 spiro atoms. The SMILES string of the molecule is O=C(O)C1CCCC2C1CCCN2C(=O)CCc1c[nH]c2cccc(-c3ccco3)c12. The fourth-order valence-corrected chi connectivity index (χ4v) is 5.78. The standard InChI is InChI=1S/C25H28N2O4/c28-23(27-13-3-7-17-18(25(29)30)5-2-9-21(17)27)12-11-16-15-26-20-8-1-6-19(24(16)20)22-10-4-14-31-22/h1,4,6,8,10,14-15,17-18,21,26H,2-3,5,7,9,11-13H2,(H,29,30). The van der Waals surface area contributed by atoms with Crippen LogP contribution in [0.3, 0.4) is 0 Å². The number of aliphatic carboxylic acids is 1. The lowest BCUT2D eigenvalue weighted by atomic mass is 9.71. The summed E-state index contributed by atoms with van der Waals surface area (Å²) in [5.74, 6) is 0.0544. The summed E-state index contributed by atoms with van der Waals surface area (Å²) in [7, 11) is 0. The lowest BCUT2D eigenvalue weighted by Gasteiger charge is -2.46. The third-order valence-corrected chi connectivity index (χ3v) is 7.18. The number of hydrogen-bond donors (Lipinski definition) is 2. The van der Waals surface area contributed by atoms with Crippen LogP contribution >= 0.6 is 0 Å². The molecule has 2 fully saturated rings. The Balaban J connectivity index is 1.34. The van der Waals surface area contributed by atoms with E-state index in [1.165, 1.54) is 0 Å². The maximum absolute atomic E-state index is 13.2. The number of furan rings is 1. The third-order valence-electron chi connectivity index (χ3n) is 7.18. The van der Waals surface area contributed by atoms with Gasteiger partial charge < -0.3 is 19.4 Å². The Kier molecular flexibility index (Phi) is 5.30. The van der Waals surface area contributed by atoms with Gasteiger partial charge in [-0.3, -0.25) is 9.59 Å². The summed E-state index contributed by atoms with van der Waals surface area (Å²) < 4.78 is 5.62. The summed E-state index contributed by atoms with van der Waals surface area (Å²) >= 11 is 0. The first-order valence-corrected chi connectivity index (χ1v) is 11.3. The maximum atomic E-state index is 13.2. The van der Waals surface area contributed by atoms with Gasteiger partial charge in [-0.2, -0.15) is 0 Å². The van der Waals surface area contributed by atoms with Crippen molar-refractivity contribution in [3.05, 3.63) is 48.4 Å². The molecule has 1 aliphatic carbocycles. The quantitative estimate of drug-likeness (QED) is 0.618. The van der Waals surface area contributed by atoms with Gasteiger partial charge in [-0.05, 0) is 61.8 Å². The second-order valence-electron chi connectivity index (χ2n) is 8.86. The molecule has 0 bridgehead atoms. The Morgan fingerprint density at radius 2 is 2.03 bits per heavy atom. The second kappa shape index (κ2) is 8.25. The van der Waals surface area contributed by atoms with Gasteiger partial charge in [0.2, 0.25) is 5.91 Å². The van der Waals surface area contributed by atoms with Gasteiger partial charge in [-0.25, -0.2) is 0 Å². The molecule has 2 aliphatic rings. The molecule has 31 heavy (non-hydrogen) atoms. The van der Waals surface area contributed by atoms with Crippen molar-refractivity contribution in [2.24, 2.45) is 11.8 Å². The van der Waals surface area contributed by atoms with Crippen molar-refractivity contribution < 1.29 is 19.1 Å². The predicted octanol–water partition coefficient (Wildman–Crippen LogP) is 4.85. The Hall–Kier alpha value is -3.02. The highest BCUT2D eigenvalue weighted by Crippen LogP contribution is 2.40. The molecule has 1 amide bonds. The van der Waals surface area contributed by atoms with Crippen molar-refractivity contribution in [1.29, 1.82) is 0 Å². The monoisotopic (exact) mass is 420 g/mol. The van der Waals surface area contributed by atoms with Gasteiger partial charge in [0.15, 0.2) is 0 Å². The number of amides is 1. The molecule has 162 valence electrons. The van der Waals surface area contributed by atoms with Gasteiger partial charge in [0.25, 0.3) is 0 Å². The molecule has 3 heterocycles. The Bertz CT molecular complexity index is 1080. The number of aromatic nitrogens is 1. The van der Waals surface area contributed by atoms with Crippen molar-refractivity contribution in [2.45, 2.75) is 51.0 Å². The highest BCUT2D eigenvalue weighted by Gasteiger charge is 2.43. The fraction of sp³-hybridized carbons (Fsp3) is 0.440. The number of fused-ring (bicyclic) bond motifs is 2. The molecule has 6 nitrogen and oxygen atoms in total. The van der Waals surface area contributed by atoms with Gasteiger partial charge in [0, 0.05) is 41.7 Å². The lowest BCUT2D eigenvalue weighted by molar-refractivity contribution is -0.151. The van der Waals surface area contributed by atoms with Crippen LogP contribution in [0.15, 0.2) is 47.2 Å². The molecule has 0 radical (unpaired) electrons. The van der Waals surface area contributed by atoms with Crippen LogP contribution in [0.25, 0.3) is 22.2 Å². The number of benzene rings is 1. The normalized spacial score (nSPS) is 23.6. The van der Waals surface area contributed by atoms with Gasteiger partial charge in [-0.1, -0.05) is 18.6 Å². The molecule has 3 aromatic rings. The number of carboxylic acid groups (broad SMARTS) is 1. The topological polar surface area (TPSA) is 86.5 Å². The molecule has 1 aliphatic heterocycles. The number of carbonyl (C=O) groups excluding carboxylic acids is 1. The lowest BCUT2D eigenvalue weighted by Crippen LogP contribution is -2.53. The molecule has 2 N–H and O–H groups in total. The zero-order valence-electron chi connectivity index (χ0n) is 17.5. The van der Waals surface area contributed by atoms with E-state index in [9.17, 15) is 14.7 Å². The summed E-state index contributed by atoms with van der Waals surface area (Å²) in [6.07, 6.45) is 9.10. The number of aromatic amines is 1. The molecule has 2 aromatic heterocycles. The zero-order chi connectivity index (χ0) is 21.4. The van der Waals surface area contributed by atoms with Crippen LogP contribution < -0.4 is 0 Å². The van der Waals surface area contributed by atoms with Crippen LogP contribution in [0, 0.1) is 11.8 Å². The Morgan fingerprint density at radius 3 is 2.84 bits per heavy atom. The van der Waals surface area contributed by atoms with Gasteiger partial charge in [0.1, 0.15) is 5.76 Å². The van der Waals surface area contributed by atoms with E-state index >= 15 is 0 Å². The zero-order valence-corrected chi connectivity index (χ0v) is 17.5. The average Bonchev–Trinajstić information content (AvgIpc) is 3.46. The van der Waals surface area contributed by atoms with Crippen LogP contribution in [0.1, 0.15) is 44.1 Å². The predicted molar refractivity (Wildman–Crippen MR) is 118 cm³/mol. The third kappa shape index (κ3) is 3.64. The van der Waals surface area contributed by atoms with E-state index in [2.05, 4.69) is 4.98 Å². The van der Waals surface area contributed by atoms with Crippen molar-refractivity contribution >= 4 is 22.8 Å². The number of nitrogens with zero attached hydrogens (tertiary/aromatic N) is 1. The smallest absolute Gasteiger partial charge is 0.306 e. The van der Waals surface area contributed by atoms with E-state index in [-0.39, 0.29) is 23.8 Å². The van der Waals surface area contributed by atoms with E-state index in [0.717, 1.165) is 66.4 Å². The average molecular weight is 421 g/mol. The second-order valence-corrected chi connectivity index (χ2v) is 8.86. The molecule has 3 unspecified atom stereocenters. The largest absolute Gasteiger partial charge is 0.481 e. The minimum atomic E-state index is -0.701. The van der Waals surface area contributed by atoms with Gasteiger partial charge in [-0.15, -0.1) is 0 Å². The first-order valence-electron chi connectivity index (χ1n) is 11.3. The van der Waals surface area contributed by atoms with Crippen molar-refractivity contribution in [2.75, 3.05) is 6.54 Å². The molecule has 1 saturated carbocycles. The number of rotatable bonds is 5. The summed E-state index contributed by atoms with van der Waals surface area (Å²) in [5, 5.41) is 10.7. The van der Waals surface area contributed by atoms with E-state index in [1.807, 2.05) is 41.4 Å². The van der Waals surface area contributed by atoms with Crippen LogP contribution in [0.4, 0.5) is 0 Å². The number of carbonyl (C=O) groups is 2. The summed E-state index contributed by atoms with van der Waals surface area (Å²) in [6.45, 7) is 0.748. The maximum Gasteiger partial charge on any atom is 0.306 e. The number of carboxylic acids is 1. The number of H-pyrrole nitrogens is 1. The van der Waals surface area contributed by atoms with E-state index in [1.54, 1.807) is 6.26 Å². The summed E-state index contributed by atoms with van der Waals surface area (Å²) in [6, 6.07) is 10.00. The van der Waals surface area contributed by atoms with E-state index in [4.69, 9.17) is 4.42 Å². The van der Waals surface area contributed by atoms with E-state index < -0.39 is 5.97 Å². The Labute approximate surface area is 181 Å². The van der Waals surface area contributed by atoms with Crippen molar-refractivity contribution in [1.82, 2.24) is 9.88 Å². The number of nitrogens with one attached hydrogen (secondary N) is 1. The fourth-order valence-electron chi connectivity index (χ4n) is 5.78. The van der Waals surface area contributed by atoms with Crippen LogP contribution in [-0.2, 0) is 16.0 Å². The van der Waals surface area contributed by atoms with E-state index in [0.29, 0.717) is 12.8 Å². The molecule has 1 saturated heterocycles. The summed E-state index contributed by atoms with van der Waals surface area (Å²) in [4.78, 5) is 30.2. The van der Waals surface area contributed by atoms with Gasteiger partial charge >= 0.3 is 5.97 Å². The van der Waals surface area contributed by atoms with Gasteiger partial charge in [0.05, 0.1) is 12.2 Å². The minimum Gasteiger partial charge on any atom is -0.481 e. The highest BCUT2D eigenvalue weighted by molar-refractivity contribution is 5.96. The molecule has 5 rings (SSSR count). The van der Waals surface area contributed by atoms with Crippen LogP contribution in [-0.4, -0.2) is 39.5 Å².